The summed E-state index contributed by atoms with van der Waals surface area (Å²) < 4.78 is 4.72. The molecule has 104 valence electrons. The summed E-state index contributed by atoms with van der Waals surface area (Å²) in [6.07, 6.45) is 1.46. The lowest BCUT2D eigenvalue weighted by molar-refractivity contribution is 0.0600. The van der Waals surface area contributed by atoms with Crippen LogP contribution in [0, 0.1) is 0 Å². The van der Waals surface area contributed by atoms with E-state index in [0.717, 1.165) is 22.0 Å². The molecule has 2 aromatic carbocycles. The average Bonchev–Trinajstić information content (AvgIpc) is 2.55. The van der Waals surface area contributed by atoms with E-state index in [9.17, 15) is 4.79 Å². The van der Waals surface area contributed by atoms with Gasteiger partial charge in [-0.3, -0.25) is 4.98 Å². The number of pyridine rings is 1. The molecule has 0 aliphatic carbocycles. The van der Waals surface area contributed by atoms with Crippen molar-refractivity contribution in [2.24, 2.45) is 0 Å². The van der Waals surface area contributed by atoms with Crippen molar-refractivity contribution < 1.29 is 9.53 Å². The molecule has 0 aliphatic heterocycles. The molecular weight excluding hydrogens is 286 g/mol. The fourth-order valence-electron chi connectivity index (χ4n) is 2.29. The number of carbonyl (C=O) groups excluding carboxylic acids is 1. The maximum Gasteiger partial charge on any atom is 0.340 e. The Morgan fingerprint density at radius 2 is 1.86 bits per heavy atom. The second-order valence-corrected chi connectivity index (χ2v) is 4.92. The normalized spacial score (nSPS) is 10.6. The predicted molar refractivity (Wildman–Crippen MR) is 83.5 cm³/mol. The number of esters is 1. The minimum Gasteiger partial charge on any atom is -0.465 e. The second kappa shape index (κ2) is 5.54. The minimum atomic E-state index is -0.487. The lowest BCUT2D eigenvalue weighted by Gasteiger charge is -2.09. The highest BCUT2D eigenvalue weighted by atomic mass is 35.5. The van der Waals surface area contributed by atoms with Gasteiger partial charge in [-0.05, 0) is 5.56 Å². The average molecular weight is 298 g/mol. The number of hydrogen-bond donors (Lipinski definition) is 0. The summed E-state index contributed by atoms with van der Waals surface area (Å²) in [6, 6.07) is 15.7. The summed E-state index contributed by atoms with van der Waals surface area (Å²) in [5.41, 5.74) is 3.07. The van der Waals surface area contributed by atoms with Gasteiger partial charge in [0, 0.05) is 17.1 Å². The van der Waals surface area contributed by atoms with Crippen LogP contribution in [0.5, 0.6) is 0 Å². The first-order valence-electron chi connectivity index (χ1n) is 6.43. The minimum absolute atomic E-state index is 0.275. The van der Waals surface area contributed by atoms with Crippen molar-refractivity contribution in [1.82, 2.24) is 4.98 Å². The Labute approximate surface area is 127 Å². The van der Waals surface area contributed by atoms with Crippen LogP contribution >= 0.6 is 11.6 Å². The SMILES string of the molecule is COC(=O)c1cnc2c(-c3ccccc3)cccc2c1Cl. The van der Waals surface area contributed by atoms with Gasteiger partial charge in [0.2, 0.25) is 0 Å². The van der Waals surface area contributed by atoms with Crippen LogP contribution in [0.1, 0.15) is 10.4 Å². The van der Waals surface area contributed by atoms with E-state index in [-0.39, 0.29) is 5.56 Å². The first-order chi connectivity index (χ1) is 10.2. The molecule has 0 atom stereocenters. The van der Waals surface area contributed by atoms with E-state index in [4.69, 9.17) is 16.3 Å². The van der Waals surface area contributed by atoms with Gasteiger partial charge >= 0.3 is 5.97 Å². The summed E-state index contributed by atoms with van der Waals surface area (Å²) >= 11 is 6.33. The van der Waals surface area contributed by atoms with E-state index in [1.54, 1.807) is 0 Å². The number of nitrogens with zero attached hydrogens (tertiary/aromatic N) is 1. The highest BCUT2D eigenvalue weighted by Crippen LogP contribution is 2.32. The zero-order chi connectivity index (χ0) is 14.8. The molecule has 1 heterocycles. The van der Waals surface area contributed by atoms with Gasteiger partial charge in [-0.2, -0.15) is 0 Å². The molecule has 0 radical (unpaired) electrons. The molecule has 4 heteroatoms. The molecule has 3 rings (SSSR count). The highest BCUT2D eigenvalue weighted by Gasteiger charge is 2.16. The summed E-state index contributed by atoms with van der Waals surface area (Å²) in [7, 11) is 1.32. The molecule has 0 unspecified atom stereocenters. The summed E-state index contributed by atoms with van der Waals surface area (Å²) in [4.78, 5) is 16.1. The maximum absolute atomic E-state index is 11.7. The monoisotopic (exact) mass is 297 g/mol. The first-order valence-corrected chi connectivity index (χ1v) is 6.81. The fraction of sp³-hybridized carbons (Fsp3) is 0.0588. The lowest BCUT2D eigenvalue weighted by atomic mass is 10.0. The quantitative estimate of drug-likeness (QED) is 0.660. The number of rotatable bonds is 2. The van der Waals surface area contributed by atoms with Crippen molar-refractivity contribution >= 4 is 28.5 Å². The molecule has 0 amide bonds. The van der Waals surface area contributed by atoms with Gasteiger partial charge in [0.15, 0.2) is 0 Å². The van der Waals surface area contributed by atoms with E-state index >= 15 is 0 Å². The van der Waals surface area contributed by atoms with Crippen molar-refractivity contribution in [1.29, 1.82) is 0 Å². The number of ether oxygens (including phenoxy) is 1. The third-order valence-electron chi connectivity index (χ3n) is 3.32. The Bertz CT molecular complexity index is 816. The third kappa shape index (κ3) is 2.36. The van der Waals surface area contributed by atoms with Gasteiger partial charge < -0.3 is 4.74 Å². The fourth-order valence-corrected chi connectivity index (χ4v) is 2.57. The zero-order valence-corrected chi connectivity index (χ0v) is 12.1. The van der Waals surface area contributed by atoms with Gasteiger partial charge in [0.1, 0.15) is 0 Å². The van der Waals surface area contributed by atoms with Gasteiger partial charge in [0.05, 0.1) is 23.2 Å². The number of aromatic nitrogens is 1. The predicted octanol–water partition coefficient (Wildman–Crippen LogP) is 4.34. The number of hydrogen-bond acceptors (Lipinski definition) is 3. The number of carbonyl (C=O) groups is 1. The molecule has 1 aromatic heterocycles. The van der Waals surface area contributed by atoms with Crippen LogP contribution < -0.4 is 0 Å². The molecule has 0 bridgehead atoms. The standard InChI is InChI=1S/C17H12ClNO2/c1-21-17(20)14-10-19-16-12(11-6-3-2-4-7-11)8-5-9-13(16)15(14)18/h2-10H,1H3. The van der Waals surface area contributed by atoms with Crippen LogP contribution in [0.2, 0.25) is 5.02 Å². The van der Waals surface area contributed by atoms with E-state index in [1.165, 1.54) is 13.3 Å². The van der Waals surface area contributed by atoms with Crippen LogP contribution in [0.3, 0.4) is 0 Å². The highest BCUT2D eigenvalue weighted by molar-refractivity contribution is 6.38. The van der Waals surface area contributed by atoms with E-state index in [0.29, 0.717) is 5.02 Å². The molecule has 3 nitrogen and oxygen atoms in total. The Morgan fingerprint density at radius 3 is 2.57 bits per heavy atom. The summed E-state index contributed by atoms with van der Waals surface area (Å²) in [5.74, 6) is -0.487. The van der Waals surface area contributed by atoms with Crippen molar-refractivity contribution in [3.8, 4) is 11.1 Å². The molecule has 0 fully saturated rings. The molecular formula is C17H12ClNO2. The Kier molecular flexibility index (Phi) is 3.59. The van der Waals surface area contributed by atoms with Crippen molar-refractivity contribution in [3.63, 3.8) is 0 Å². The molecule has 0 saturated carbocycles. The number of halogens is 1. The topological polar surface area (TPSA) is 39.2 Å². The summed E-state index contributed by atoms with van der Waals surface area (Å²) in [5, 5.41) is 1.10. The van der Waals surface area contributed by atoms with E-state index in [1.807, 2.05) is 48.5 Å². The summed E-state index contributed by atoms with van der Waals surface area (Å²) in [6.45, 7) is 0. The number of para-hydroxylation sites is 1. The van der Waals surface area contributed by atoms with Crippen molar-refractivity contribution in [3.05, 3.63) is 65.3 Å². The van der Waals surface area contributed by atoms with E-state index < -0.39 is 5.97 Å². The number of benzene rings is 2. The largest absolute Gasteiger partial charge is 0.465 e. The molecule has 0 aliphatic rings. The number of methoxy groups -OCH3 is 1. The zero-order valence-electron chi connectivity index (χ0n) is 11.3. The third-order valence-corrected chi connectivity index (χ3v) is 3.73. The smallest absolute Gasteiger partial charge is 0.340 e. The first kappa shape index (κ1) is 13.6. The molecule has 0 saturated heterocycles. The van der Waals surface area contributed by atoms with Crippen LogP contribution in [0.25, 0.3) is 22.0 Å². The molecule has 3 aromatic rings. The Morgan fingerprint density at radius 1 is 1.10 bits per heavy atom. The molecule has 0 spiro atoms. The van der Waals surface area contributed by atoms with Crippen molar-refractivity contribution in [2.75, 3.05) is 7.11 Å². The van der Waals surface area contributed by atoms with Gasteiger partial charge in [-0.1, -0.05) is 60.1 Å². The van der Waals surface area contributed by atoms with Crippen LogP contribution in [0.15, 0.2) is 54.7 Å². The molecule has 21 heavy (non-hydrogen) atoms. The van der Waals surface area contributed by atoms with Crippen LogP contribution in [-0.2, 0) is 4.74 Å². The van der Waals surface area contributed by atoms with Gasteiger partial charge in [0.25, 0.3) is 0 Å². The van der Waals surface area contributed by atoms with Crippen molar-refractivity contribution in [2.45, 2.75) is 0 Å². The van der Waals surface area contributed by atoms with Crippen LogP contribution in [0.4, 0.5) is 0 Å². The van der Waals surface area contributed by atoms with Crippen LogP contribution in [-0.4, -0.2) is 18.1 Å². The second-order valence-electron chi connectivity index (χ2n) is 4.55. The molecule has 0 N–H and O–H groups in total. The van der Waals surface area contributed by atoms with Gasteiger partial charge in [-0.15, -0.1) is 0 Å². The Hall–Kier alpha value is -2.39. The number of fused-ring (bicyclic) bond motifs is 1. The lowest BCUT2D eigenvalue weighted by Crippen LogP contribution is -2.03. The van der Waals surface area contributed by atoms with Gasteiger partial charge in [-0.25, -0.2) is 4.79 Å². The Balaban J connectivity index is 2.27. The maximum atomic E-state index is 11.7. The van der Waals surface area contributed by atoms with E-state index in [2.05, 4.69) is 4.98 Å².